The molecule has 5 heteroatoms. The number of ether oxygens (including phenoxy) is 2. The molecule has 4 aliphatic rings. The molecule has 1 aromatic heterocycles. The fourth-order valence-corrected chi connectivity index (χ4v) is 5.76. The number of benzene rings is 1. The van der Waals surface area contributed by atoms with Gasteiger partial charge in [0, 0.05) is 36.7 Å². The molecule has 164 valence electrons. The van der Waals surface area contributed by atoms with Crippen LogP contribution in [0.3, 0.4) is 0 Å². The third-order valence-corrected chi connectivity index (χ3v) is 7.45. The van der Waals surface area contributed by atoms with Crippen LogP contribution in [0.2, 0.25) is 0 Å². The van der Waals surface area contributed by atoms with Crippen LogP contribution in [-0.4, -0.2) is 47.7 Å². The lowest BCUT2D eigenvalue weighted by atomic mass is 9.73. The molecule has 2 aromatic rings. The van der Waals surface area contributed by atoms with Crippen LogP contribution in [-0.2, 0) is 14.3 Å². The van der Waals surface area contributed by atoms with Gasteiger partial charge < -0.3 is 9.47 Å². The molecule has 4 fully saturated rings. The van der Waals surface area contributed by atoms with Gasteiger partial charge >= 0.3 is 5.97 Å². The predicted octanol–water partition coefficient (Wildman–Crippen LogP) is 4.67. The summed E-state index contributed by atoms with van der Waals surface area (Å²) >= 11 is 0. The van der Waals surface area contributed by atoms with Crippen LogP contribution in [0.4, 0.5) is 0 Å². The van der Waals surface area contributed by atoms with Crippen LogP contribution in [0.15, 0.2) is 49.2 Å². The lowest BCUT2D eigenvalue weighted by Crippen LogP contribution is -2.55. The quantitative estimate of drug-likeness (QED) is 0.481. The fraction of sp³-hybridized carbons (Fsp3) is 0.538. The van der Waals surface area contributed by atoms with Crippen molar-refractivity contribution in [1.29, 1.82) is 0 Å². The highest BCUT2D eigenvalue weighted by molar-refractivity contribution is 5.82. The molecule has 1 unspecified atom stereocenters. The first-order valence-electron chi connectivity index (χ1n) is 11.7. The van der Waals surface area contributed by atoms with Crippen molar-refractivity contribution in [2.24, 2.45) is 11.8 Å². The minimum atomic E-state index is -0.279. The van der Waals surface area contributed by atoms with Crippen molar-refractivity contribution in [3.05, 3.63) is 54.7 Å². The molecule has 6 atom stereocenters. The standard InChI is InChI=1S/C26H32N2O3/c1-2-18-17-28-14-12-19(18)16-24(28)26(31-25(29)10-9-20-6-5-15-30-20)22-11-13-27-23-8-4-3-7-21(22)23/h2-4,7-8,11,13,18-20,24,26H,1,5-6,9-10,12,14-17H2/t18-,19+,20-,24-,26-/m1/s1. The summed E-state index contributed by atoms with van der Waals surface area (Å²) in [5.41, 5.74) is 2.02. The summed E-state index contributed by atoms with van der Waals surface area (Å²) in [5.74, 6) is 1.04. The largest absolute Gasteiger partial charge is 0.456 e. The Morgan fingerprint density at radius 3 is 3.00 bits per heavy atom. The summed E-state index contributed by atoms with van der Waals surface area (Å²) in [6.07, 6.45) is 9.41. The molecule has 0 saturated carbocycles. The predicted molar refractivity (Wildman–Crippen MR) is 121 cm³/mol. The summed E-state index contributed by atoms with van der Waals surface area (Å²) in [5, 5.41) is 1.07. The molecular formula is C26H32N2O3. The van der Waals surface area contributed by atoms with Gasteiger partial charge in [0.25, 0.3) is 0 Å². The molecule has 4 saturated heterocycles. The number of carbonyl (C=O) groups is 1. The van der Waals surface area contributed by atoms with Crippen molar-refractivity contribution in [3.8, 4) is 0 Å². The summed E-state index contributed by atoms with van der Waals surface area (Å²) in [6.45, 7) is 6.93. The summed E-state index contributed by atoms with van der Waals surface area (Å²) < 4.78 is 12.0. The molecule has 0 radical (unpaired) electrons. The highest BCUT2D eigenvalue weighted by atomic mass is 16.5. The normalized spacial score (nSPS) is 30.9. The van der Waals surface area contributed by atoms with Crippen LogP contribution < -0.4 is 0 Å². The smallest absolute Gasteiger partial charge is 0.306 e. The number of piperidine rings is 3. The minimum absolute atomic E-state index is 0.121. The molecule has 5 heterocycles. The Morgan fingerprint density at radius 2 is 2.23 bits per heavy atom. The summed E-state index contributed by atoms with van der Waals surface area (Å²) in [4.78, 5) is 20.0. The molecule has 6 rings (SSSR count). The first-order valence-corrected chi connectivity index (χ1v) is 11.7. The zero-order chi connectivity index (χ0) is 21.2. The van der Waals surface area contributed by atoms with E-state index in [0.29, 0.717) is 18.3 Å². The zero-order valence-corrected chi connectivity index (χ0v) is 18.1. The number of fused-ring (bicyclic) bond motifs is 4. The number of hydrogen-bond acceptors (Lipinski definition) is 5. The third-order valence-electron chi connectivity index (χ3n) is 7.45. The molecule has 1 aromatic carbocycles. The zero-order valence-electron chi connectivity index (χ0n) is 18.1. The second kappa shape index (κ2) is 9.09. The first kappa shape index (κ1) is 20.7. The maximum atomic E-state index is 13.0. The van der Waals surface area contributed by atoms with Gasteiger partial charge in [-0.1, -0.05) is 24.3 Å². The van der Waals surface area contributed by atoms with Gasteiger partial charge in [-0.05, 0) is 62.6 Å². The Morgan fingerprint density at radius 1 is 1.32 bits per heavy atom. The van der Waals surface area contributed by atoms with Crippen LogP contribution in [0.25, 0.3) is 10.9 Å². The van der Waals surface area contributed by atoms with Crippen LogP contribution in [0.1, 0.15) is 50.2 Å². The Bertz CT molecular complexity index is 934. The molecule has 0 amide bonds. The number of rotatable bonds is 7. The SMILES string of the molecule is C=C[C@@H]1CN2CC[C@H]1C[C@@H]2[C@H](OC(=O)CC[C@H]1CCCO1)c1ccnc2ccccc12. The Balaban J connectivity index is 1.41. The Hall–Kier alpha value is -2.24. The van der Waals surface area contributed by atoms with Crippen LogP contribution >= 0.6 is 0 Å². The molecule has 2 bridgehead atoms. The number of para-hydroxylation sites is 1. The van der Waals surface area contributed by atoms with Crippen molar-refractivity contribution in [2.75, 3.05) is 19.7 Å². The molecule has 0 N–H and O–H groups in total. The van der Waals surface area contributed by atoms with E-state index in [1.165, 1.54) is 6.42 Å². The average Bonchev–Trinajstić information content (AvgIpc) is 3.35. The lowest BCUT2D eigenvalue weighted by molar-refractivity contribution is -0.158. The molecule has 0 spiro atoms. The minimum Gasteiger partial charge on any atom is -0.456 e. The molecule has 4 aliphatic heterocycles. The van der Waals surface area contributed by atoms with E-state index in [2.05, 4.69) is 28.6 Å². The van der Waals surface area contributed by atoms with E-state index >= 15 is 0 Å². The van der Waals surface area contributed by atoms with Gasteiger partial charge in [-0.15, -0.1) is 6.58 Å². The van der Waals surface area contributed by atoms with Gasteiger partial charge in [-0.3, -0.25) is 14.7 Å². The van der Waals surface area contributed by atoms with E-state index in [4.69, 9.17) is 9.47 Å². The van der Waals surface area contributed by atoms with Crippen LogP contribution in [0, 0.1) is 11.8 Å². The van der Waals surface area contributed by atoms with Crippen LogP contribution in [0.5, 0.6) is 0 Å². The topological polar surface area (TPSA) is 51.7 Å². The van der Waals surface area contributed by atoms with E-state index in [0.717, 1.165) is 61.8 Å². The Kier molecular flexibility index (Phi) is 6.06. The number of esters is 1. The van der Waals surface area contributed by atoms with E-state index < -0.39 is 0 Å². The van der Waals surface area contributed by atoms with Gasteiger partial charge in [0.05, 0.1) is 17.7 Å². The van der Waals surface area contributed by atoms with Gasteiger partial charge in [0.15, 0.2) is 0 Å². The van der Waals surface area contributed by atoms with Crippen molar-refractivity contribution < 1.29 is 14.3 Å². The number of hydrogen-bond donors (Lipinski definition) is 0. The first-order chi connectivity index (χ1) is 15.2. The maximum absolute atomic E-state index is 13.0. The van der Waals surface area contributed by atoms with E-state index in [-0.39, 0.29) is 24.2 Å². The Labute approximate surface area is 184 Å². The monoisotopic (exact) mass is 420 g/mol. The van der Waals surface area contributed by atoms with Crippen molar-refractivity contribution >= 4 is 16.9 Å². The van der Waals surface area contributed by atoms with E-state index in [9.17, 15) is 4.79 Å². The molecule has 0 aliphatic carbocycles. The number of nitrogens with zero attached hydrogens (tertiary/aromatic N) is 2. The summed E-state index contributed by atoms with van der Waals surface area (Å²) in [7, 11) is 0. The van der Waals surface area contributed by atoms with Gasteiger partial charge in [0.1, 0.15) is 6.10 Å². The van der Waals surface area contributed by atoms with Gasteiger partial charge in [0.2, 0.25) is 0 Å². The molecular weight excluding hydrogens is 388 g/mol. The van der Waals surface area contributed by atoms with E-state index in [1.54, 1.807) is 0 Å². The summed E-state index contributed by atoms with van der Waals surface area (Å²) in [6, 6.07) is 10.4. The van der Waals surface area contributed by atoms with Crippen molar-refractivity contribution in [1.82, 2.24) is 9.88 Å². The maximum Gasteiger partial charge on any atom is 0.306 e. The number of pyridine rings is 1. The van der Waals surface area contributed by atoms with Crippen molar-refractivity contribution in [2.45, 2.75) is 56.8 Å². The third kappa shape index (κ3) is 4.26. The lowest BCUT2D eigenvalue weighted by Gasteiger charge is -2.51. The van der Waals surface area contributed by atoms with Crippen molar-refractivity contribution in [3.63, 3.8) is 0 Å². The molecule has 31 heavy (non-hydrogen) atoms. The second-order valence-electron chi connectivity index (χ2n) is 9.25. The second-order valence-corrected chi connectivity index (χ2v) is 9.25. The fourth-order valence-electron chi connectivity index (χ4n) is 5.76. The number of carbonyl (C=O) groups excluding carboxylic acids is 1. The highest BCUT2D eigenvalue weighted by Gasteiger charge is 2.44. The van der Waals surface area contributed by atoms with Gasteiger partial charge in [-0.2, -0.15) is 0 Å². The van der Waals surface area contributed by atoms with Gasteiger partial charge in [-0.25, -0.2) is 0 Å². The highest BCUT2D eigenvalue weighted by Crippen LogP contribution is 2.43. The average molecular weight is 421 g/mol. The number of aromatic nitrogens is 1. The molecule has 5 nitrogen and oxygen atoms in total. The van der Waals surface area contributed by atoms with E-state index in [1.807, 2.05) is 30.5 Å².